The van der Waals surface area contributed by atoms with Crippen molar-refractivity contribution in [1.82, 2.24) is 4.90 Å². The molecule has 1 aliphatic heterocycles. The van der Waals surface area contributed by atoms with Gasteiger partial charge in [0.2, 0.25) is 11.8 Å². The number of hydrogen-bond acceptors (Lipinski definition) is 5. The van der Waals surface area contributed by atoms with Gasteiger partial charge in [0.05, 0.1) is 11.8 Å². The topological polar surface area (TPSA) is 72.9 Å². The molecule has 6 nitrogen and oxygen atoms in total. The summed E-state index contributed by atoms with van der Waals surface area (Å²) >= 11 is 0. The molecule has 2 unspecified atom stereocenters. The van der Waals surface area contributed by atoms with Crippen LogP contribution in [0.15, 0.2) is 24.3 Å². The minimum absolute atomic E-state index is 0.0724. The van der Waals surface area contributed by atoms with Crippen molar-refractivity contribution in [1.29, 1.82) is 0 Å². The molecule has 2 atom stereocenters. The minimum atomic E-state index is -0.577. The molecule has 1 aromatic carbocycles. The van der Waals surface area contributed by atoms with E-state index in [-0.39, 0.29) is 48.8 Å². The van der Waals surface area contributed by atoms with Crippen molar-refractivity contribution in [3.8, 4) is 5.75 Å². The number of ether oxygens (including phenoxy) is 2. The first-order chi connectivity index (χ1) is 13.3. The number of benzene rings is 1. The maximum atomic E-state index is 12.4. The number of carbonyl (C=O) groups is 3. The van der Waals surface area contributed by atoms with Gasteiger partial charge in [-0.2, -0.15) is 0 Å². The Kier molecular flexibility index (Phi) is 6.06. The highest BCUT2D eigenvalue weighted by Gasteiger charge is 2.48. The fourth-order valence-corrected chi connectivity index (χ4v) is 3.93. The van der Waals surface area contributed by atoms with Gasteiger partial charge in [0.25, 0.3) is 0 Å². The van der Waals surface area contributed by atoms with Crippen LogP contribution in [0.5, 0.6) is 5.75 Å². The van der Waals surface area contributed by atoms with E-state index in [1.807, 2.05) is 24.3 Å². The van der Waals surface area contributed by atoms with E-state index in [2.05, 4.69) is 20.8 Å². The Bertz CT molecular complexity index is 710. The molecule has 3 rings (SSSR count). The van der Waals surface area contributed by atoms with Gasteiger partial charge in [-0.05, 0) is 36.0 Å². The quantitative estimate of drug-likeness (QED) is 0.426. The van der Waals surface area contributed by atoms with Crippen molar-refractivity contribution < 1.29 is 23.9 Å². The molecule has 152 valence electrons. The molecule has 1 aromatic rings. The zero-order valence-electron chi connectivity index (χ0n) is 16.9. The molecule has 6 heteroatoms. The summed E-state index contributed by atoms with van der Waals surface area (Å²) in [4.78, 5) is 37.9. The smallest absolute Gasteiger partial charge is 0.326 e. The van der Waals surface area contributed by atoms with Crippen molar-refractivity contribution in [2.24, 2.45) is 11.8 Å². The van der Waals surface area contributed by atoms with Gasteiger partial charge in [-0.25, -0.2) is 0 Å². The van der Waals surface area contributed by atoms with E-state index in [9.17, 15) is 14.4 Å². The third kappa shape index (κ3) is 4.54. The van der Waals surface area contributed by atoms with Gasteiger partial charge >= 0.3 is 5.97 Å². The third-order valence-electron chi connectivity index (χ3n) is 5.56. The fraction of sp³-hybridized carbons (Fsp3) is 0.591. The van der Waals surface area contributed by atoms with Crippen LogP contribution < -0.4 is 4.74 Å². The van der Waals surface area contributed by atoms with E-state index in [4.69, 9.17) is 9.47 Å². The molecule has 1 heterocycles. The standard InChI is InChI=1S/C22H29NO5/c1-22(2,3)15-8-10-16(11-9-15)27-12-13-28-19(24)14-23-20(25)17-6-4-5-7-18(17)21(23)26/h8-11,17-18H,4-7,12-14H2,1-3H3. The number of rotatable bonds is 6. The molecule has 2 fully saturated rings. The number of amides is 2. The number of likely N-dealkylation sites (tertiary alicyclic amines) is 1. The third-order valence-corrected chi connectivity index (χ3v) is 5.56. The predicted molar refractivity (Wildman–Crippen MR) is 104 cm³/mol. The van der Waals surface area contributed by atoms with Crippen molar-refractivity contribution in [2.45, 2.75) is 51.9 Å². The highest BCUT2D eigenvalue weighted by Crippen LogP contribution is 2.37. The summed E-state index contributed by atoms with van der Waals surface area (Å²) in [7, 11) is 0. The number of esters is 1. The molecule has 2 amide bonds. The monoisotopic (exact) mass is 387 g/mol. The van der Waals surface area contributed by atoms with E-state index in [1.54, 1.807) is 0 Å². The molecule has 0 N–H and O–H groups in total. The average molecular weight is 387 g/mol. The van der Waals surface area contributed by atoms with E-state index < -0.39 is 5.97 Å². The van der Waals surface area contributed by atoms with Crippen molar-refractivity contribution in [3.05, 3.63) is 29.8 Å². The van der Waals surface area contributed by atoms with E-state index >= 15 is 0 Å². The first kappa shape index (κ1) is 20.4. The molecule has 0 spiro atoms. The van der Waals surface area contributed by atoms with Crippen LogP contribution in [0.4, 0.5) is 0 Å². The molecular formula is C22H29NO5. The average Bonchev–Trinajstić information content (AvgIpc) is 2.90. The Morgan fingerprint density at radius 3 is 2.11 bits per heavy atom. The van der Waals surface area contributed by atoms with Gasteiger partial charge in [0, 0.05) is 0 Å². The Morgan fingerprint density at radius 1 is 1.00 bits per heavy atom. The van der Waals surface area contributed by atoms with Crippen molar-refractivity contribution in [3.63, 3.8) is 0 Å². The fourth-order valence-electron chi connectivity index (χ4n) is 3.93. The summed E-state index contributed by atoms with van der Waals surface area (Å²) in [6, 6.07) is 7.83. The molecule has 0 radical (unpaired) electrons. The largest absolute Gasteiger partial charge is 0.490 e. The van der Waals surface area contributed by atoms with Gasteiger partial charge in [-0.15, -0.1) is 0 Å². The minimum Gasteiger partial charge on any atom is -0.490 e. The number of hydrogen-bond donors (Lipinski definition) is 0. The molecule has 1 saturated carbocycles. The van der Waals surface area contributed by atoms with Gasteiger partial charge < -0.3 is 9.47 Å². The summed E-state index contributed by atoms with van der Waals surface area (Å²) in [5.74, 6) is -0.796. The van der Waals surface area contributed by atoms with E-state index in [0.29, 0.717) is 5.75 Å². The van der Waals surface area contributed by atoms with Gasteiger partial charge in [-0.3, -0.25) is 19.3 Å². The zero-order valence-corrected chi connectivity index (χ0v) is 16.9. The molecule has 2 aliphatic rings. The second kappa shape index (κ2) is 8.33. The lowest BCUT2D eigenvalue weighted by Gasteiger charge is -2.19. The number of carbonyl (C=O) groups excluding carboxylic acids is 3. The van der Waals surface area contributed by atoms with Crippen LogP contribution in [0.3, 0.4) is 0 Å². The van der Waals surface area contributed by atoms with Crippen LogP contribution in [0.2, 0.25) is 0 Å². The number of nitrogens with zero attached hydrogens (tertiary/aromatic N) is 1. The summed E-state index contributed by atoms with van der Waals surface area (Å²) in [6.45, 7) is 6.43. The number of imide groups is 1. The van der Waals surface area contributed by atoms with E-state index in [0.717, 1.165) is 30.6 Å². The molecule has 1 aliphatic carbocycles. The molecule has 0 bridgehead atoms. The SMILES string of the molecule is CC(C)(C)c1ccc(OCCOC(=O)CN2C(=O)C3CCCCC3C2=O)cc1. The second-order valence-electron chi connectivity index (χ2n) is 8.60. The van der Waals surface area contributed by atoms with Crippen molar-refractivity contribution >= 4 is 17.8 Å². The number of fused-ring (bicyclic) bond motifs is 1. The second-order valence-corrected chi connectivity index (χ2v) is 8.60. The molecule has 0 aromatic heterocycles. The van der Waals surface area contributed by atoms with E-state index in [1.165, 1.54) is 5.56 Å². The first-order valence-electron chi connectivity index (χ1n) is 10.0. The zero-order chi connectivity index (χ0) is 20.3. The Balaban J connectivity index is 1.41. The Hall–Kier alpha value is -2.37. The first-order valence-corrected chi connectivity index (χ1v) is 10.0. The Labute approximate surface area is 166 Å². The van der Waals surface area contributed by atoms with Crippen LogP contribution in [-0.4, -0.2) is 42.4 Å². The normalized spacial score (nSPS) is 22.2. The summed E-state index contributed by atoms with van der Waals surface area (Å²) < 4.78 is 10.7. The van der Waals surface area contributed by atoms with Crippen LogP contribution in [0.1, 0.15) is 52.0 Å². The summed E-state index contributed by atoms with van der Waals surface area (Å²) in [6.07, 6.45) is 3.41. The van der Waals surface area contributed by atoms with Crippen molar-refractivity contribution in [2.75, 3.05) is 19.8 Å². The molecule has 1 saturated heterocycles. The lowest BCUT2D eigenvalue weighted by molar-refractivity contribution is -0.153. The predicted octanol–water partition coefficient (Wildman–Crippen LogP) is 3.08. The van der Waals surface area contributed by atoms with Crippen LogP contribution >= 0.6 is 0 Å². The highest BCUT2D eigenvalue weighted by atomic mass is 16.6. The van der Waals surface area contributed by atoms with Gasteiger partial charge in [-0.1, -0.05) is 45.7 Å². The lowest BCUT2D eigenvalue weighted by atomic mass is 9.81. The lowest BCUT2D eigenvalue weighted by Crippen LogP contribution is -2.37. The van der Waals surface area contributed by atoms with Gasteiger partial charge in [0.1, 0.15) is 25.5 Å². The molecular weight excluding hydrogens is 358 g/mol. The molecule has 28 heavy (non-hydrogen) atoms. The summed E-state index contributed by atoms with van der Waals surface area (Å²) in [5, 5.41) is 0. The van der Waals surface area contributed by atoms with Crippen LogP contribution in [0.25, 0.3) is 0 Å². The van der Waals surface area contributed by atoms with Crippen LogP contribution in [-0.2, 0) is 24.5 Å². The van der Waals surface area contributed by atoms with Gasteiger partial charge in [0.15, 0.2) is 0 Å². The maximum Gasteiger partial charge on any atom is 0.326 e. The highest BCUT2D eigenvalue weighted by molar-refractivity contribution is 6.07. The van der Waals surface area contributed by atoms with Crippen LogP contribution in [0, 0.1) is 11.8 Å². The Morgan fingerprint density at radius 2 is 1.57 bits per heavy atom. The summed E-state index contributed by atoms with van der Waals surface area (Å²) in [5.41, 5.74) is 1.29. The maximum absolute atomic E-state index is 12.4.